The largest absolute Gasteiger partial charge is 0.364 e. The van der Waals surface area contributed by atoms with Crippen LogP contribution in [0, 0.1) is 5.92 Å². The molecule has 1 saturated carbocycles. The van der Waals surface area contributed by atoms with E-state index in [1.807, 2.05) is 0 Å². The number of nitrogens with zero attached hydrogens (tertiary/aromatic N) is 4. The summed E-state index contributed by atoms with van der Waals surface area (Å²) in [5.74, 6) is 1.86. The topological polar surface area (TPSA) is 87.4 Å². The number of hydrogen-bond acceptors (Lipinski definition) is 6. The van der Waals surface area contributed by atoms with Gasteiger partial charge in [-0.15, -0.1) is 0 Å². The van der Waals surface area contributed by atoms with Gasteiger partial charge in [0.1, 0.15) is 5.82 Å². The van der Waals surface area contributed by atoms with Gasteiger partial charge in [-0.2, -0.15) is 0 Å². The fourth-order valence-electron chi connectivity index (χ4n) is 6.29. The highest BCUT2D eigenvalue weighted by Gasteiger charge is 2.28. The van der Waals surface area contributed by atoms with E-state index >= 15 is 0 Å². The molecule has 0 bridgehead atoms. The minimum absolute atomic E-state index is 0.176. The zero-order valence-corrected chi connectivity index (χ0v) is 21.2. The number of carbonyl (C=O) groups is 1. The number of piperidine rings is 2. The maximum atomic E-state index is 12.1. The van der Waals surface area contributed by atoms with Crippen LogP contribution in [0.5, 0.6) is 0 Å². The van der Waals surface area contributed by atoms with Gasteiger partial charge in [-0.3, -0.25) is 4.79 Å². The number of carbonyl (C=O) groups excluding carboxylic acids is 1. The summed E-state index contributed by atoms with van der Waals surface area (Å²) >= 11 is 0. The van der Waals surface area contributed by atoms with E-state index in [1.165, 1.54) is 63.6 Å². The van der Waals surface area contributed by atoms with Gasteiger partial charge >= 0.3 is 0 Å². The lowest BCUT2D eigenvalue weighted by atomic mass is 9.88. The summed E-state index contributed by atoms with van der Waals surface area (Å²) in [5, 5.41) is 3.32. The van der Waals surface area contributed by atoms with Crippen molar-refractivity contribution in [3.05, 3.63) is 41.7 Å². The number of aromatic nitrogens is 2. The van der Waals surface area contributed by atoms with E-state index in [0.29, 0.717) is 23.7 Å². The number of rotatable bonds is 6. The van der Waals surface area contributed by atoms with Crippen LogP contribution >= 0.6 is 0 Å². The second kappa shape index (κ2) is 10.5. The number of hydrogen-bond donors (Lipinski definition) is 2. The van der Waals surface area contributed by atoms with E-state index in [9.17, 15) is 4.79 Å². The molecule has 1 aliphatic carbocycles. The third-order valence-corrected chi connectivity index (χ3v) is 8.68. The molecule has 3 N–H and O–H groups in total. The number of nitrogens with one attached hydrogen (secondary N) is 1. The van der Waals surface area contributed by atoms with Crippen LogP contribution in [0.15, 0.2) is 30.5 Å². The third kappa shape index (κ3) is 5.30. The van der Waals surface area contributed by atoms with Gasteiger partial charge in [-0.25, -0.2) is 9.97 Å². The van der Waals surface area contributed by atoms with Crippen LogP contribution in [-0.4, -0.2) is 52.5 Å². The molecule has 0 radical (unpaired) electrons. The molecular weight excluding hydrogens is 436 g/mol. The standard InChI is InChI=1S/C28H40N6O/c1-19-6-5-15-34(20(19)2)25-18-30-26(27(29)35)28(32-25)31-23-11-9-21(10-12-23)22-13-16-33(17-14-22)24-7-3-4-8-24/h9-12,18-20,22,24H,3-8,13-17H2,1-2H3,(H2,29,35)(H,31,32)/t19-,20-/m1/s1. The lowest BCUT2D eigenvalue weighted by Gasteiger charge is -2.38. The van der Waals surface area contributed by atoms with Gasteiger partial charge in [0, 0.05) is 24.3 Å². The number of nitrogens with two attached hydrogens (primary N) is 1. The highest BCUT2D eigenvalue weighted by molar-refractivity contribution is 5.96. The molecule has 2 aromatic rings. The van der Waals surface area contributed by atoms with E-state index in [-0.39, 0.29) is 5.69 Å². The highest BCUT2D eigenvalue weighted by atomic mass is 16.1. The monoisotopic (exact) mass is 476 g/mol. The maximum Gasteiger partial charge on any atom is 0.271 e. The molecule has 1 aromatic carbocycles. The fourth-order valence-corrected chi connectivity index (χ4v) is 6.29. The molecule has 0 spiro atoms. The molecule has 0 unspecified atom stereocenters. The first-order chi connectivity index (χ1) is 17.0. The van der Waals surface area contributed by atoms with Crippen LogP contribution in [0.3, 0.4) is 0 Å². The van der Waals surface area contributed by atoms with Crippen molar-refractivity contribution in [2.45, 2.75) is 83.2 Å². The van der Waals surface area contributed by atoms with Crippen LogP contribution in [0.25, 0.3) is 0 Å². The number of likely N-dealkylation sites (tertiary alicyclic amines) is 1. The summed E-state index contributed by atoms with van der Waals surface area (Å²) in [7, 11) is 0. The number of benzene rings is 1. The number of anilines is 3. The average Bonchev–Trinajstić information content (AvgIpc) is 3.41. The first-order valence-corrected chi connectivity index (χ1v) is 13.5. The van der Waals surface area contributed by atoms with Gasteiger partial charge < -0.3 is 20.9 Å². The predicted molar refractivity (Wildman–Crippen MR) is 141 cm³/mol. The van der Waals surface area contributed by atoms with Crippen molar-refractivity contribution in [3.8, 4) is 0 Å². The summed E-state index contributed by atoms with van der Waals surface area (Å²) in [6, 6.07) is 9.81. The molecule has 5 rings (SSSR count). The third-order valence-electron chi connectivity index (χ3n) is 8.68. The molecule has 3 fully saturated rings. The van der Waals surface area contributed by atoms with Crippen molar-refractivity contribution in [2.24, 2.45) is 11.7 Å². The van der Waals surface area contributed by atoms with Gasteiger partial charge in [-0.1, -0.05) is 31.9 Å². The smallest absolute Gasteiger partial charge is 0.271 e. The zero-order chi connectivity index (χ0) is 24.4. The Morgan fingerprint density at radius 2 is 1.69 bits per heavy atom. The van der Waals surface area contributed by atoms with Gasteiger partial charge in [0.15, 0.2) is 11.5 Å². The molecule has 2 atom stereocenters. The lowest BCUT2D eigenvalue weighted by Crippen LogP contribution is -2.43. The molecule has 35 heavy (non-hydrogen) atoms. The zero-order valence-electron chi connectivity index (χ0n) is 21.2. The van der Waals surface area contributed by atoms with Crippen molar-refractivity contribution >= 4 is 23.2 Å². The van der Waals surface area contributed by atoms with E-state index < -0.39 is 5.91 Å². The summed E-state index contributed by atoms with van der Waals surface area (Å²) < 4.78 is 0. The number of amides is 1. The van der Waals surface area contributed by atoms with Crippen molar-refractivity contribution in [3.63, 3.8) is 0 Å². The second-order valence-corrected chi connectivity index (χ2v) is 10.8. The quantitative estimate of drug-likeness (QED) is 0.606. The van der Waals surface area contributed by atoms with Crippen LogP contribution in [0.4, 0.5) is 17.3 Å². The first-order valence-electron chi connectivity index (χ1n) is 13.5. The summed E-state index contributed by atoms with van der Waals surface area (Å²) in [6.07, 6.45) is 12.1. The Bertz CT molecular complexity index is 1010. The van der Waals surface area contributed by atoms with E-state index in [0.717, 1.165) is 30.5 Å². The lowest BCUT2D eigenvalue weighted by molar-refractivity contribution is 0.0996. The Balaban J connectivity index is 1.27. The first kappa shape index (κ1) is 24.0. The minimum Gasteiger partial charge on any atom is -0.364 e. The van der Waals surface area contributed by atoms with E-state index in [1.54, 1.807) is 6.20 Å². The molecule has 188 valence electrons. The SMILES string of the molecule is C[C@@H]1CCCN(c2cnc(C(N)=O)c(Nc3ccc(C4CCN(C5CCCC5)CC4)cc3)n2)[C@@H]1C. The summed E-state index contributed by atoms with van der Waals surface area (Å²) in [6.45, 7) is 7.89. The van der Waals surface area contributed by atoms with Crippen molar-refractivity contribution < 1.29 is 4.79 Å². The van der Waals surface area contributed by atoms with E-state index in [4.69, 9.17) is 10.7 Å². The Morgan fingerprint density at radius 1 is 0.971 bits per heavy atom. The minimum atomic E-state index is -0.572. The number of primary amides is 1. The molecule has 2 saturated heterocycles. The predicted octanol–water partition coefficient (Wildman–Crippen LogP) is 5.07. The van der Waals surface area contributed by atoms with Crippen molar-refractivity contribution in [1.82, 2.24) is 14.9 Å². The molecule has 3 aliphatic rings. The van der Waals surface area contributed by atoms with Crippen LogP contribution in [0.1, 0.15) is 87.2 Å². The molecule has 1 amide bonds. The summed E-state index contributed by atoms with van der Waals surface area (Å²) in [4.78, 5) is 26.3. The van der Waals surface area contributed by atoms with Crippen LogP contribution in [0.2, 0.25) is 0 Å². The van der Waals surface area contributed by atoms with Gasteiger partial charge in [-0.05, 0) is 88.1 Å². The summed E-state index contributed by atoms with van der Waals surface area (Å²) in [5.41, 5.74) is 8.09. The normalized spacial score (nSPS) is 24.6. The molecule has 1 aromatic heterocycles. The molecule has 2 aliphatic heterocycles. The molecule has 3 heterocycles. The van der Waals surface area contributed by atoms with Gasteiger partial charge in [0.05, 0.1) is 6.20 Å². The van der Waals surface area contributed by atoms with E-state index in [2.05, 4.69) is 58.2 Å². The Kier molecular flexibility index (Phi) is 7.23. The van der Waals surface area contributed by atoms with Crippen LogP contribution < -0.4 is 16.0 Å². The van der Waals surface area contributed by atoms with Gasteiger partial charge in [0.25, 0.3) is 5.91 Å². The second-order valence-electron chi connectivity index (χ2n) is 10.8. The average molecular weight is 477 g/mol. The van der Waals surface area contributed by atoms with Crippen LogP contribution in [-0.2, 0) is 0 Å². The van der Waals surface area contributed by atoms with Gasteiger partial charge in [0.2, 0.25) is 0 Å². The molecule has 7 nitrogen and oxygen atoms in total. The van der Waals surface area contributed by atoms with Crippen molar-refractivity contribution in [2.75, 3.05) is 29.9 Å². The molecule has 7 heteroatoms. The maximum absolute atomic E-state index is 12.1. The molecular formula is C28H40N6O. The highest BCUT2D eigenvalue weighted by Crippen LogP contribution is 2.34. The Morgan fingerprint density at radius 3 is 2.37 bits per heavy atom. The Hall–Kier alpha value is -2.67. The fraction of sp³-hybridized carbons (Fsp3) is 0.607. The van der Waals surface area contributed by atoms with Crippen molar-refractivity contribution in [1.29, 1.82) is 0 Å². The Labute approximate surface area is 209 Å².